The molecule has 2 aliphatic rings. The van der Waals surface area contributed by atoms with Crippen molar-refractivity contribution >= 4 is 38.9 Å². The van der Waals surface area contributed by atoms with Crippen LogP contribution >= 0.6 is 0 Å². The molecule has 0 aliphatic heterocycles. The molecule has 3 heteroatoms. The highest BCUT2D eigenvalue weighted by molar-refractivity contribution is 6.09. The van der Waals surface area contributed by atoms with Gasteiger partial charge in [-0.3, -0.25) is 0 Å². The molecule has 2 aliphatic carbocycles. The van der Waals surface area contributed by atoms with Crippen molar-refractivity contribution in [3.8, 4) is 39.4 Å². The van der Waals surface area contributed by atoms with Crippen molar-refractivity contribution < 1.29 is 4.74 Å². The van der Waals surface area contributed by atoms with Crippen LogP contribution in [0.3, 0.4) is 0 Å². The normalized spacial score (nSPS) is 19.6. The molecule has 2 atom stereocenters. The Kier molecular flexibility index (Phi) is 10.4. The Labute approximate surface area is 372 Å². The second-order valence-electron chi connectivity index (χ2n) is 18.2. The summed E-state index contributed by atoms with van der Waals surface area (Å²) in [7, 11) is 0. The molecule has 2 bridgehead atoms. The minimum absolute atomic E-state index is 0.510. The molecule has 2 fully saturated rings. The zero-order valence-corrected chi connectivity index (χ0v) is 36.3. The Morgan fingerprint density at radius 3 is 1.52 bits per heavy atom. The molecular formula is C60H54N2O. The number of hydrogen-bond donors (Lipinski definition) is 0. The van der Waals surface area contributed by atoms with Gasteiger partial charge in [-0.25, -0.2) is 0 Å². The first-order valence-electron chi connectivity index (χ1n) is 23.1. The van der Waals surface area contributed by atoms with Gasteiger partial charge >= 0.3 is 0 Å². The third kappa shape index (κ3) is 7.50. The largest absolute Gasteiger partial charge is 0.457 e. The third-order valence-electron chi connectivity index (χ3n) is 14.3. The van der Waals surface area contributed by atoms with Gasteiger partial charge in [-0.2, -0.15) is 0 Å². The molecule has 9 aromatic rings. The first kappa shape index (κ1) is 39.0. The van der Waals surface area contributed by atoms with E-state index in [9.17, 15) is 0 Å². The van der Waals surface area contributed by atoms with E-state index in [2.05, 4.69) is 224 Å². The number of para-hydroxylation sites is 3. The van der Waals surface area contributed by atoms with Crippen molar-refractivity contribution in [2.24, 2.45) is 23.7 Å². The summed E-state index contributed by atoms with van der Waals surface area (Å²) >= 11 is 0. The van der Waals surface area contributed by atoms with Crippen molar-refractivity contribution in [3.05, 3.63) is 206 Å². The van der Waals surface area contributed by atoms with Crippen molar-refractivity contribution in [1.82, 2.24) is 4.57 Å². The van der Waals surface area contributed by atoms with Crippen molar-refractivity contribution in [3.63, 3.8) is 0 Å². The average Bonchev–Trinajstić information content (AvgIpc) is 3.67. The second-order valence-corrected chi connectivity index (χ2v) is 18.2. The lowest BCUT2D eigenvalue weighted by atomic mass is 9.57. The molecule has 0 unspecified atom stereocenters. The van der Waals surface area contributed by atoms with Crippen LogP contribution in [0, 0.1) is 23.7 Å². The summed E-state index contributed by atoms with van der Waals surface area (Å²) in [6.45, 7) is 4.86. The Hall–Kier alpha value is -6.84. The molecule has 0 radical (unpaired) electrons. The summed E-state index contributed by atoms with van der Waals surface area (Å²) in [4.78, 5) is 2.39. The molecule has 63 heavy (non-hydrogen) atoms. The van der Waals surface area contributed by atoms with Crippen molar-refractivity contribution in [2.45, 2.75) is 51.9 Å². The predicted molar refractivity (Wildman–Crippen MR) is 264 cm³/mol. The molecular weight excluding hydrogens is 765 g/mol. The molecule has 11 rings (SSSR count). The quantitative estimate of drug-likeness (QED) is 0.137. The molecule has 0 amide bonds. The van der Waals surface area contributed by atoms with Gasteiger partial charge in [-0.05, 0) is 150 Å². The van der Waals surface area contributed by atoms with Gasteiger partial charge in [0, 0.05) is 39.6 Å². The average molecular weight is 819 g/mol. The molecule has 0 saturated heterocycles. The maximum absolute atomic E-state index is 6.98. The van der Waals surface area contributed by atoms with Crippen LogP contribution in [0.5, 0.6) is 11.5 Å². The molecule has 1 heterocycles. The fourth-order valence-electron chi connectivity index (χ4n) is 11.4. The monoisotopic (exact) mass is 818 g/mol. The maximum Gasteiger partial charge on any atom is 0.133 e. The molecule has 2 saturated carbocycles. The Balaban J connectivity index is 0.975. The lowest BCUT2D eigenvalue weighted by molar-refractivity contribution is 0.0708. The molecule has 0 N–H and O–H groups in total. The second kappa shape index (κ2) is 16.8. The summed E-state index contributed by atoms with van der Waals surface area (Å²) in [6.07, 6.45) is 6.54. The van der Waals surface area contributed by atoms with Crippen molar-refractivity contribution in [2.75, 3.05) is 4.90 Å². The number of rotatable bonds is 10. The standard InChI is InChI=1S/C60H54N2O/c1-3-42-38-47-36-41(2)37-48(39-42)60(47)56-35-34-52(40-59(56)63-53-16-8-5-9-17-53)61(49-28-22-44(23-29-49)43-14-6-4-7-15-43)50-30-24-45(25-31-50)46-26-32-51(33-27-46)62-57-20-12-10-18-54(57)55-19-11-13-21-58(55)62/h4-35,40-42,47-48,60H,3,36-39H2,1-2H3/t41?,42?,47-,48-,60?/m1/s1. The van der Waals surface area contributed by atoms with Gasteiger partial charge in [0.05, 0.1) is 11.0 Å². The molecule has 1 aromatic heterocycles. The fraction of sp³-hybridized carbons (Fsp3) is 0.200. The Morgan fingerprint density at radius 1 is 0.492 bits per heavy atom. The smallest absolute Gasteiger partial charge is 0.133 e. The molecule has 310 valence electrons. The highest BCUT2D eigenvalue weighted by Gasteiger charge is 2.43. The lowest BCUT2D eigenvalue weighted by Crippen LogP contribution is -2.37. The van der Waals surface area contributed by atoms with Crippen LogP contribution in [-0.2, 0) is 0 Å². The highest BCUT2D eigenvalue weighted by Crippen LogP contribution is 2.56. The SMILES string of the molecule is CCC1C[C@H]2CC(C)C[C@H](C1)C2c1ccc(N(c2ccc(-c3ccccc3)cc2)c2ccc(-c3ccc(-n4c5ccccc5c5ccccc54)cc3)cc2)cc1Oc1ccccc1. The summed E-state index contributed by atoms with van der Waals surface area (Å²) in [6, 6.07) is 72.6. The number of anilines is 3. The van der Waals surface area contributed by atoms with Crippen LogP contribution < -0.4 is 9.64 Å². The number of benzene rings is 8. The van der Waals surface area contributed by atoms with Crippen molar-refractivity contribution in [1.29, 1.82) is 0 Å². The topological polar surface area (TPSA) is 17.4 Å². The minimum atomic E-state index is 0.510. The summed E-state index contributed by atoms with van der Waals surface area (Å²) in [5, 5.41) is 2.55. The predicted octanol–water partition coefficient (Wildman–Crippen LogP) is 16.9. The van der Waals surface area contributed by atoms with Gasteiger partial charge < -0.3 is 14.2 Å². The van der Waals surface area contributed by atoms with Crippen LogP contribution in [0.15, 0.2) is 200 Å². The third-order valence-corrected chi connectivity index (χ3v) is 14.3. The van der Waals surface area contributed by atoms with E-state index in [-0.39, 0.29) is 0 Å². The van der Waals surface area contributed by atoms with Gasteiger partial charge in [-0.15, -0.1) is 0 Å². The van der Waals surface area contributed by atoms with E-state index in [0.717, 1.165) is 46.1 Å². The lowest BCUT2D eigenvalue weighted by Gasteiger charge is -2.48. The van der Waals surface area contributed by atoms with Gasteiger partial charge in [0.1, 0.15) is 11.5 Å². The Morgan fingerprint density at radius 2 is 0.968 bits per heavy atom. The van der Waals surface area contributed by atoms with Crippen LogP contribution in [0.25, 0.3) is 49.7 Å². The van der Waals surface area contributed by atoms with E-state index in [0.29, 0.717) is 17.8 Å². The van der Waals surface area contributed by atoms with Crippen LogP contribution in [0.2, 0.25) is 0 Å². The van der Waals surface area contributed by atoms with Crippen LogP contribution in [0.4, 0.5) is 17.1 Å². The number of nitrogens with zero attached hydrogens (tertiary/aromatic N) is 2. The minimum Gasteiger partial charge on any atom is -0.457 e. The Bertz CT molecular complexity index is 2920. The van der Waals surface area contributed by atoms with Crippen LogP contribution in [0.1, 0.15) is 57.4 Å². The summed E-state index contributed by atoms with van der Waals surface area (Å²) in [5.74, 6) is 5.35. The van der Waals surface area contributed by atoms with Gasteiger partial charge in [-0.1, -0.05) is 148 Å². The van der Waals surface area contributed by atoms with E-state index < -0.39 is 0 Å². The fourth-order valence-corrected chi connectivity index (χ4v) is 11.4. The number of aromatic nitrogens is 1. The number of hydrogen-bond acceptors (Lipinski definition) is 2. The molecule has 0 spiro atoms. The molecule has 8 aromatic carbocycles. The van der Waals surface area contributed by atoms with E-state index in [1.807, 2.05) is 0 Å². The first-order valence-corrected chi connectivity index (χ1v) is 23.1. The highest BCUT2D eigenvalue weighted by atomic mass is 16.5. The number of fused-ring (bicyclic) bond motifs is 5. The van der Waals surface area contributed by atoms with E-state index in [1.165, 1.54) is 81.7 Å². The van der Waals surface area contributed by atoms with Gasteiger partial charge in [0.25, 0.3) is 0 Å². The summed E-state index contributed by atoms with van der Waals surface area (Å²) in [5.41, 5.74) is 13.0. The molecule has 3 nitrogen and oxygen atoms in total. The van der Waals surface area contributed by atoms with Gasteiger partial charge in [0.2, 0.25) is 0 Å². The maximum atomic E-state index is 6.98. The number of ether oxygens (including phenoxy) is 1. The summed E-state index contributed by atoms with van der Waals surface area (Å²) < 4.78 is 9.36. The van der Waals surface area contributed by atoms with E-state index >= 15 is 0 Å². The van der Waals surface area contributed by atoms with E-state index in [4.69, 9.17) is 4.74 Å². The zero-order chi connectivity index (χ0) is 42.3. The van der Waals surface area contributed by atoms with Gasteiger partial charge in [0.15, 0.2) is 0 Å². The van der Waals surface area contributed by atoms with Crippen LogP contribution in [-0.4, -0.2) is 4.57 Å². The zero-order valence-electron chi connectivity index (χ0n) is 36.3. The van der Waals surface area contributed by atoms with E-state index in [1.54, 1.807) is 0 Å². The first-order chi connectivity index (χ1) is 31.1.